The molecular formula is C27H37N3O2. The van der Waals surface area contributed by atoms with Crippen LogP contribution in [-0.4, -0.2) is 68.1 Å². The zero-order valence-electron chi connectivity index (χ0n) is 19.3. The molecule has 1 amide bonds. The summed E-state index contributed by atoms with van der Waals surface area (Å²) in [5.74, 6) is 1.42. The van der Waals surface area contributed by atoms with Crippen molar-refractivity contribution in [3.63, 3.8) is 0 Å². The minimum absolute atomic E-state index is 0.0106. The molecule has 1 atom stereocenters. The van der Waals surface area contributed by atoms with Gasteiger partial charge in [0.15, 0.2) is 0 Å². The van der Waals surface area contributed by atoms with Crippen LogP contribution in [0.4, 0.5) is 0 Å². The molecule has 2 aromatic rings. The van der Waals surface area contributed by atoms with E-state index in [0.29, 0.717) is 11.5 Å². The van der Waals surface area contributed by atoms with E-state index < -0.39 is 0 Å². The van der Waals surface area contributed by atoms with Gasteiger partial charge in [0.05, 0.1) is 0 Å². The van der Waals surface area contributed by atoms with E-state index in [9.17, 15) is 4.79 Å². The standard InChI is InChI=1S/C27H37N3O2/c1-29-16-5-8-23(21-29)20-28-27(31)24-9-11-25(12-10-24)32-26-14-18-30(19-15-26)17-13-22-6-3-2-4-7-22/h2-4,6-7,9-12,23,26H,5,8,13-21H2,1H3,(H,28,31)/t23-/m1/s1. The van der Waals surface area contributed by atoms with Gasteiger partial charge in [0.1, 0.15) is 11.9 Å². The van der Waals surface area contributed by atoms with E-state index in [2.05, 4.69) is 52.5 Å². The summed E-state index contributed by atoms with van der Waals surface area (Å²) in [5, 5.41) is 3.11. The van der Waals surface area contributed by atoms with Crippen molar-refractivity contribution in [2.75, 3.05) is 46.3 Å². The zero-order chi connectivity index (χ0) is 22.2. The number of nitrogens with zero attached hydrogens (tertiary/aromatic N) is 2. The molecule has 0 saturated carbocycles. The average Bonchev–Trinajstić information content (AvgIpc) is 2.83. The number of carbonyl (C=O) groups is 1. The fraction of sp³-hybridized carbons (Fsp3) is 0.519. The summed E-state index contributed by atoms with van der Waals surface area (Å²) in [7, 11) is 2.15. The van der Waals surface area contributed by atoms with E-state index in [0.717, 1.165) is 57.7 Å². The second kappa shape index (κ2) is 11.5. The van der Waals surface area contributed by atoms with Crippen molar-refractivity contribution < 1.29 is 9.53 Å². The molecule has 5 nitrogen and oxygen atoms in total. The first-order valence-corrected chi connectivity index (χ1v) is 12.2. The molecule has 172 valence electrons. The van der Waals surface area contributed by atoms with Crippen LogP contribution in [0.25, 0.3) is 0 Å². The van der Waals surface area contributed by atoms with Crippen LogP contribution in [0.15, 0.2) is 54.6 Å². The highest BCUT2D eigenvalue weighted by Gasteiger charge is 2.21. The van der Waals surface area contributed by atoms with Gasteiger partial charge in [-0.15, -0.1) is 0 Å². The molecule has 2 saturated heterocycles. The summed E-state index contributed by atoms with van der Waals surface area (Å²) in [6, 6.07) is 18.3. The number of likely N-dealkylation sites (tertiary alicyclic amines) is 2. The molecule has 0 aliphatic carbocycles. The van der Waals surface area contributed by atoms with Gasteiger partial charge in [0.2, 0.25) is 0 Å². The van der Waals surface area contributed by atoms with E-state index in [1.807, 2.05) is 24.3 Å². The van der Waals surface area contributed by atoms with E-state index >= 15 is 0 Å². The third-order valence-corrected chi connectivity index (χ3v) is 6.79. The predicted molar refractivity (Wildman–Crippen MR) is 129 cm³/mol. The summed E-state index contributed by atoms with van der Waals surface area (Å²) in [5.41, 5.74) is 2.11. The van der Waals surface area contributed by atoms with Crippen LogP contribution in [0, 0.1) is 5.92 Å². The molecule has 32 heavy (non-hydrogen) atoms. The van der Waals surface area contributed by atoms with Gasteiger partial charge in [-0.1, -0.05) is 30.3 Å². The quantitative estimate of drug-likeness (QED) is 0.684. The Morgan fingerprint density at radius 3 is 2.47 bits per heavy atom. The minimum atomic E-state index is 0.0106. The van der Waals surface area contributed by atoms with Gasteiger partial charge in [-0.2, -0.15) is 0 Å². The third-order valence-electron chi connectivity index (χ3n) is 6.79. The summed E-state index contributed by atoms with van der Waals surface area (Å²) in [6.07, 6.45) is 5.87. The van der Waals surface area contributed by atoms with E-state index in [-0.39, 0.29) is 12.0 Å². The molecule has 0 radical (unpaired) electrons. The fourth-order valence-corrected chi connectivity index (χ4v) is 4.84. The van der Waals surface area contributed by atoms with Gasteiger partial charge in [0, 0.05) is 38.3 Å². The SMILES string of the molecule is CN1CCC[C@H](CNC(=O)c2ccc(OC3CCN(CCc4ccccc4)CC3)cc2)C1. The van der Waals surface area contributed by atoms with E-state index in [1.165, 1.54) is 24.9 Å². The topological polar surface area (TPSA) is 44.8 Å². The van der Waals surface area contributed by atoms with Crippen molar-refractivity contribution in [3.8, 4) is 5.75 Å². The number of rotatable bonds is 8. The summed E-state index contributed by atoms with van der Waals surface area (Å²) in [6.45, 7) is 6.25. The normalized spacial score (nSPS) is 20.7. The highest BCUT2D eigenvalue weighted by atomic mass is 16.5. The fourth-order valence-electron chi connectivity index (χ4n) is 4.84. The number of piperidine rings is 2. The molecule has 5 heteroatoms. The number of benzene rings is 2. The van der Waals surface area contributed by atoms with Crippen LogP contribution in [0.2, 0.25) is 0 Å². The molecule has 2 heterocycles. The lowest BCUT2D eigenvalue weighted by molar-refractivity contribution is 0.0936. The molecular weight excluding hydrogens is 398 g/mol. The van der Waals surface area contributed by atoms with Crippen molar-refractivity contribution in [3.05, 3.63) is 65.7 Å². The van der Waals surface area contributed by atoms with Gasteiger partial charge >= 0.3 is 0 Å². The van der Waals surface area contributed by atoms with Crippen molar-refractivity contribution in [2.24, 2.45) is 5.92 Å². The number of amides is 1. The van der Waals surface area contributed by atoms with Gasteiger partial charge in [0.25, 0.3) is 5.91 Å². The molecule has 2 fully saturated rings. The number of nitrogens with one attached hydrogen (secondary N) is 1. The van der Waals surface area contributed by atoms with Crippen molar-refractivity contribution >= 4 is 5.91 Å². The third kappa shape index (κ3) is 6.81. The molecule has 0 bridgehead atoms. The van der Waals surface area contributed by atoms with Crippen molar-refractivity contribution in [1.29, 1.82) is 0 Å². The van der Waals surface area contributed by atoms with Crippen molar-refractivity contribution in [1.82, 2.24) is 15.1 Å². The minimum Gasteiger partial charge on any atom is -0.490 e. The Bertz CT molecular complexity index is 832. The van der Waals surface area contributed by atoms with Gasteiger partial charge in [-0.3, -0.25) is 4.79 Å². The lowest BCUT2D eigenvalue weighted by Crippen LogP contribution is -2.39. The molecule has 2 aromatic carbocycles. The number of hydrogen-bond acceptors (Lipinski definition) is 4. The molecule has 0 unspecified atom stereocenters. The maximum Gasteiger partial charge on any atom is 0.251 e. The highest BCUT2D eigenvalue weighted by Crippen LogP contribution is 2.20. The molecule has 0 aromatic heterocycles. The summed E-state index contributed by atoms with van der Waals surface area (Å²) < 4.78 is 6.20. The smallest absolute Gasteiger partial charge is 0.251 e. The summed E-state index contributed by atoms with van der Waals surface area (Å²) in [4.78, 5) is 17.4. The van der Waals surface area contributed by atoms with Gasteiger partial charge in [-0.05, 0) is 81.4 Å². The van der Waals surface area contributed by atoms with E-state index in [4.69, 9.17) is 4.74 Å². The number of hydrogen-bond donors (Lipinski definition) is 1. The Hall–Kier alpha value is -2.37. The Morgan fingerprint density at radius 1 is 1.00 bits per heavy atom. The van der Waals surface area contributed by atoms with Gasteiger partial charge in [-0.25, -0.2) is 0 Å². The monoisotopic (exact) mass is 435 g/mol. The first-order chi connectivity index (χ1) is 15.7. The molecule has 2 aliphatic rings. The lowest BCUT2D eigenvalue weighted by Gasteiger charge is -2.32. The molecule has 4 rings (SSSR count). The number of carbonyl (C=O) groups excluding carboxylic acids is 1. The van der Waals surface area contributed by atoms with Crippen LogP contribution in [0.3, 0.4) is 0 Å². The second-order valence-corrected chi connectivity index (χ2v) is 9.40. The molecule has 0 spiro atoms. The Balaban J connectivity index is 1.16. The molecule has 1 N–H and O–H groups in total. The highest BCUT2D eigenvalue weighted by molar-refractivity contribution is 5.94. The first-order valence-electron chi connectivity index (χ1n) is 12.2. The summed E-state index contributed by atoms with van der Waals surface area (Å²) >= 11 is 0. The Labute approximate surface area is 192 Å². The maximum absolute atomic E-state index is 12.5. The largest absolute Gasteiger partial charge is 0.490 e. The lowest BCUT2D eigenvalue weighted by atomic mass is 9.98. The van der Waals surface area contributed by atoms with Crippen molar-refractivity contribution in [2.45, 2.75) is 38.2 Å². The van der Waals surface area contributed by atoms with Crippen LogP contribution in [0.5, 0.6) is 5.75 Å². The Kier molecular flexibility index (Phi) is 8.18. The second-order valence-electron chi connectivity index (χ2n) is 9.40. The zero-order valence-corrected chi connectivity index (χ0v) is 19.3. The number of ether oxygens (including phenoxy) is 1. The maximum atomic E-state index is 12.5. The predicted octanol–water partition coefficient (Wildman–Crippen LogP) is 3.84. The van der Waals surface area contributed by atoms with E-state index in [1.54, 1.807) is 0 Å². The van der Waals surface area contributed by atoms with Crippen LogP contribution >= 0.6 is 0 Å². The molecule has 2 aliphatic heterocycles. The van der Waals surface area contributed by atoms with Crippen LogP contribution < -0.4 is 10.1 Å². The van der Waals surface area contributed by atoms with Crippen LogP contribution in [-0.2, 0) is 6.42 Å². The van der Waals surface area contributed by atoms with Gasteiger partial charge < -0.3 is 19.9 Å². The van der Waals surface area contributed by atoms with Crippen LogP contribution in [0.1, 0.15) is 41.6 Å². The Morgan fingerprint density at radius 2 is 1.75 bits per heavy atom. The average molecular weight is 436 g/mol. The first kappa shape index (κ1) is 22.8.